The molecule has 0 spiro atoms. The zero-order valence-corrected chi connectivity index (χ0v) is 15.8. The summed E-state index contributed by atoms with van der Waals surface area (Å²) in [6, 6.07) is 16.9. The zero-order chi connectivity index (χ0) is 18.2. The molecule has 0 aliphatic heterocycles. The highest BCUT2D eigenvalue weighted by Crippen LogP contribution is 2.18. The van der Waals surface area contributed by atoms with Crippen LogP contribution >= 0.6 is 0 Å². The Labute approximate surface area is 151 Å². The minimum Gasteiger partial charge on any atom is -0.309 e. The SMILES string of the molecule is CCc1cccc(CN(CC(C)=N)CC(C)=Nc2ccccc2C)c1. The van der Waals surface area contributed by atoms with Crippen molar-refractivity contribution < 1.29 is 0 Å². The van der Waals surface area contributed by atoms with Gasteiger partial charge < -0.3 is 5.41 Å². The van der Waals surface area contributed by atoms with E-state index in [1.54, 1.807) is 0 Å². The standard InChI is InChI=1S/C22H29N3/c1-5-20-10-8-11-21(13-20)16-25(14-18(3)23)15-19(4)24-22-12-7-6-9-17(22)2/h6-13,23H,5,14-16H2,1-4H3. The van der Waals surface area contributed by atoms with Crippen molar-refractivity contribution in [1.82, 2.24) is 4.90 Å². The van der Waals surface area contributed by atoms with Crippen LogP contribution in [0.4, 0.5) is 5.69 Å². The number of rotatable bonds is 8. The molecule has 0 aromatic heterocycles. The molecule has 2 rings (SSSR count). The van der Waals surface area contributed by atoms with Crippen molar-refractivity contribution in [3.63, 3.8) is 0 Å². The van der Waals surface area contributed by atoms with Gasteiger partial charge in [0.05, 0.1) is 5.69 Å². The minimum absolute atomic E-state index is 0.664. The van der Waals surface area contributed by atoms with Crippen LogP contribution in [0.25, 0.3) is 0 Å². The van der Waals surface area contributed by atoms with Crippen LogP contribution in [0.1, 0.15) is 37.5 Å². The summed E-state index contributed by atoms with van der Waals surface area (Å²) in [4.78, 5) is 7.07. The first-order valence-electron chi connectivity index (χ1n) is 8.92. The summed E-state index contributed by atoms with van der Waals surface area (Å²) in [5.41, 5.74) is 6.61. The molecule has 3 heteroatoms. The van der Waals surface area contributed by atoms with Crippen LogP contribution in [0.2, 0.25) is 0 Å². The third-order valence-corrected chi connectivity index (χ3v) is 4.15. The topological polar surface area (TPSA) is 39.5 Å². The summed E-state index contributed by atoms with van der Waals surface area (Å²) in [6.07, 6.45) is 1.05. The number of hydrogen-bond acceptors (Lipinski definition) is 3. The molecule has 0 fully saturated rings. The van der Waals surface area contributed by atoms with E-state index >= 15 is 0 Å². The van der Waals surface area contributed by atoms with Gasteiger partial charge in [0.25, 0.3) is 0 Å². The Kier molecular flexibility index (Phi) is 7.08. The molecule has 0 saturated carbocycles. The third kappa shape index (κ3) is 6.28. The highest BCUT2D eigenvalue weighted by Gasteiger charge is 2.09. The van der Waals surface area contributed by atoms with Crippen LogP contribution in [0.5, 0.6) is 0 Å². The highest BCUT2D eigenvalue weighted by atomic mass is 15.1. The second-order valence-corrected chi connectivity index (χ2v) is 6.73. The van der Waals surface area contributed by atoms with Crippen molar-refractivity contribution >= 4 is 17.1 Å². The van der Waals surface area contributed by atoms with Gasteiger partial charge in [-0.2, -0.15) is 0 Å². The smallest absolute Gasteiger partial charge is 0.0658 e. The van der Waals surface area contributed by atoms with E-state index in [-0.39, 0.29) is 0 Å². The van der Waals surface area contributed by atoms with Crippen LogP contribution in [-0.4, -0.2) is 29.4 Å². The van der Waals surface area contributed by atoms with E-state index in [1.807, 2.05) is 19.1 Å². The number of aryl methyl sites for hydroxylation is 2. The Balaban J connectivity index is 2.14. The van der Waals surface area contributed by atoms with Gasteiger partial charge in [0, 0.05) is 31.1 Å². The van der Waals surface area contributed by atoms with Crippen molar-refractivity contribution in [2.24, 2.45) is 4.99 Å². The van der Waals surface area contributed by atoms with Crippen LogP contribution in [0.15, 0.2) is 53.5 Å². The first kappa shape index (κ1) is 19.1. The van der Waals surface area contributed by atoms with Crippen molar-refractivity contribution in [3.8, 4) is 0 Å². The maximum atomic E-state index is 7.89. The first-order chi connectivity index (χ1) is 12.0. The van der Waals surface area contributed by atoms with Gasteiger partial charge in [0.2, 0.25) is 0 Å². The number of nitrogens with one attached hydrogen (secondary N) is 1. The van der Waals surface area contributed by atoms with Gasteiger partial charge in [-0.3, -0.25) is 9.89 Å². The lowest BCUT2D eigenvalue weighted by Gasteiger charge is -2.22. The molecule has 0 aliphatic rings. The van der Waals surface area contributed by atoms with E-state index in [9.17, 15) is 0 Å². The van der Waals surface area contributed by atoms with E-state index in [2.05, 4.69) is 62.1 Å². The van der Waals surface area contributed by atoms with Gasteiger partial charge in [-0.15, -0.1) is 0 Å². The Morgan fingerprint density at radius 3 is 2.40 bits per heavy atom. The van der Waals surface area contributed by atoms with Gasteiger partial charge in [0.1, 0.15) is 0 Å². The molecule has 0 bridgehead atoms. The molecule has 3 nitrogen and oxygen atoms in total. The minimum atomic E-state index is 0.664. The average molecular weight is 335 g/mol. The number of nitrogens with zero attached hydrogens (tertiary/aromatic N) is 2. The second kappa shape index (κ2) is 9.28. The van der Waals surface area contributed by atoms with E-state index < -0.39 is 0 Å². The van der Waals surface area contributed by atoms with E-state index in [0.29, 0.717) is 12.3 Å². The first-order valence-corrected chi connectivity index (χ1v) is 8.92. The molecule has 25 heavy (non-hydrogen) atoms. The Morgan fingerprint density at radius 1 is 1.00 bits per heavy atom. The van der Waals surface area contributed by atoms with Crippen LogP contribution in [0.3, 0.4) is 0 Å². The summed E-state index contributed by atoms with van der Waals surface area (Å²) in [7, 11) is 0. The quantitative estimate of drug-likeness (QED) is 0.662. The van der Waals surface area contributed by atoms with E-state index in [4.69, 9.17) is 10.4 Å². The average Bonchev–Trinajstić information content (AvgIpc) is 2.56. The van der Waals surface area contributed by atoms with Crippen LogP contribution in [-0.2, 0) is 13.0 Å². The Bertz CT molecular complexity index is 746. The van der Waals surface area contributed by atoms with Gasteiger partial charge in [-0.25, -0.2) is 0 Å². The molecular weight excluding hydrogens is 306 g/mol. The Hall–Kier alpha value is -2.26. The molecule has 0 atom stereocenters. The molecule has 0 heterocycles. The summed E-state index contributed by atoms with van der Waals surface area (Å²) in [6.45, 7) is 10.5. The number of benzene rings is 2. The van der Waals surface area contributed by atoms with Crippen molar-refractivity contribution in [3.05, 3.63) is 65.2 Å². The fourth-order valence-corrected chi connectivity index (χ4v) is 2.96. The van der Waals surface area contributed by atoms with Crippen molar-refractivity contribution in [2.45, 2.75) is 40.7 Å². The van der Waals surface area contributed by atoms with Gasteiger partial charge in [-0.1, -0.05) is 49.4 Å². The van der Waals surface area contributed by atoms with Crippen molar-refractivity contribution in [1.29, 1.82) is 5.41 Å². The zero-order valence-electron chi connectivity index (χ0n) is 15.8. The fraction of sp³-hybridized carbons (Fsp3) is 0.364. The molecule has 0 aliphatic carbocycles. The Morgan fingerprint density at radius 2 is 1.72 bits per heavy atom. The molecule has 2 aromatic rings. The third-order valence-electron chi connectivity index (χ3n) is 4.15. The molecule has 0 amide bonds. The van der Waals surface area contributed by atoms with E-state index in [1.165, 1.54) is 16.7 Å². The maximum Gasteiger partial charge on any atom is 0.0658 e. The summed E-state index contributed by atoms with van der Waals surface area (Å²) in [5.74, 6) is 0. The maximum absolute atomic E-state index is 7.89. The fourth-order valence-electron chi connectivity index (χ4n) is 2.96. The van der Waals surface area contributed by atoms with Gasteiger partial charge in [-0.05, 0) is 49.9 Å². The molecular formula is C22H29N3. The lowest BCUT2D eigenvalue weighted by Crippen LogP contribution is -2.32. The van der Waals surface area contributed by atoms with Gasteiger partial charge >= 0.3 is 0 Å². The highest BCUT2D eigenvalue weighted by molar-refractivity contribution is 5.87. The lowest BCUT2D eigenvalue weighted by atomic mass is 10.1. The second-order valence-electron chi connectivity index (χ2n) is 6.73. The largest absolute Gasteiger partial charge is 0.309 e. The van der Waals surface area contributed by atoms with Crippen LogP contribution < -0.4 is 0 Å². The summed E-state index contributed by atoms with van der Waals surface area (Å²) >= 11 is 0. The normalized spacial score (nSPS) is 11.8. The summed E-state index contributed by atoms with van der Waals surface area (Å²) in [5, 5.41) is 7.89. The number of hydrogen-bond donors (Lipinski definition) is 1. The molecule has 0 saturated heterocycles. The molecule has 132 valence electrons. The van der Waals surface area contributed by atoms with Gasteiger partial charge in [0.15, 0.2) is 0 Å². The molecule has 0 radical (unpaired) electrons. The van der Waals surface area contributed by atoms with E-state index in [0.717, 1.165) is 30.9 Å². The monoisotopic (exact) mass is 335 g/mol. The molecule has 1 N–H and O–H groups in total. The molecule has 0 unspecified atom stereocenters. The predicted octanol–water partition coefficient (Wildman–Crippen LogP) is 5.19. The predicted molar refractivity (Wildman–Crippen MR) is 108 cm³/mol. The van der Waals surface area contributed by atoms with Crippen LogP contribution in [0, 0.1) is 12.3 Å². The van der Waals surface area contributed by atoms with Crippen molar-refractivity contribution in [2.75, 3.05) is 13.1 Å². The number of para-hydroxylation sites is 1. The molecule has 2 aromatic carbocycles. The number of aliphatic imine (C=N–C) groups is 1. The summed E-state index contributed by atoms with van der Waals surface area (Å²) < 4.78 is 0. The lowest BCUT2D eigenvalue weighted by molar-refractivity contribution is 0.345.